The summed E-state index contributed by atoms with van der Waals surface area (Å²) >= 11 is 24.3. The van der Waals surface area contributed by atoms with Crippen LogP contribution < -0.4 is 5.32 Å². The third-order valence-electron chi connectivity index (χ3n) is 4.27. The molecule has 0 aliphatic rings. The molecule has 0 saturated heterocycles. The highest BCUT2D eigenvalue weighted by atomic mass is 35.5. The van der Waals surface area contributed by atoms with E-state index in [2.05, 4.69) is 15.6 Å². The highest BCUT2D eigenvalue weighted by Crippen LogP contribution is 2.31. The molecule has 2 heterocycles. The summed E-state index contributed by atoms with van der Waals surface area (Å²) in [4.78, 5) is 12.5. The number of hydrogen-bond donors (Lipinski definition) is 1. The zero-order valence-corrected chi connectivity index (χ0v) is 18.4. The molecule has 4 aromatic rings. The number of carbonyl (C=O) groups is 1. The molecule has 1 amide bonds. The monoisotopic (exact) mass is 498 g/mol. The van der Waals surface area contributed by atoms with Crippen molar-refractivity contribution in [2.45, 2.75) is 6.54 Å². The standard InChI is InChI=1S/C20H11Cl4FN4O2/c21-10-4-5-11(14(23)6-10)18-7-17(28-31-18)20(30)26-19-15(24)9-29(27-19)8-12-13(22)2-1-3-16(12)25/h1-7,9H,8H2,(H,26,27,30). The van der Waals surface area contributed by atoms with E-state index >= 15 is 0 Å². The quantitative estimate of drug-likeness (QED) is 0.336. The van der Waals surface area contributed by atoms with Crippen LogP contribution in [0.3, 0.4) is 0 Å². The van der Waals surface area contributed by atoms with Gasteiger partial charge in [0.2, 0.25) is 0 Å². The van der Waals surface area contributed by atoms with E-state index in [9.17, 15) is 9.18 Å². The molecule has 0 spiro atoms. The van der Waals surface area contributed by atoms with Crippen molar-refractivity contribution in [2.75, 3.05) is 5.32 Å². The highest BCUT2D eigenvalue weighted by Gasteiger charge is 2.19. The van der Waals surface area contributed by atoms with E-state index in [1.54, 1.807) is 24.3 Å². The second-order valence-corrected chi connectivity index (χ2v) is 8.04. The van der Waals surface area contributed by atoms with E-state index in [0.29, 0.717) is 15.6 Å². The molecule has 2 aromatic heterocycles. The van der Waals surface area contributed by atoms with Crippen molar-refractivity contribution in [1.82, 2.24) is 14.9 Å². The minimum Gasteiger partial charge on any atom is -0.355 e. The van der Waals surface area contributed by atoms with Gasteiger partial charge in [-0.15, -0.1) is 0 Å². The maximum absolute atomic E-state index is 14.0. The van der Waals surface area contributed by atoms with Crippen LogP contribution in [0.1, 0.15) is 16.1 Å². The van der Waals surface area contributed by atoms with Crippen molar-refractivity contribution in [3.05, 3.63) is 85.8 Å². The van der Waals surface area contributed by atoms with Crippen molar-refractivity contribution < 1.29 is 13.7 Å². The minimum absolute atomic E-state index is 0.0104. The number of anilines is 1. The molecule has 0 aliphatic carbocycles. The number of nitrogens with one attached hydrogen (secondary N) is 1. The lowest BCUT2D eigenvalue weighted by Gasteiger charge is -2.05. The van der Waals surface area contributed by atoms with Crippen LogP contribution in [-0.4, -0.2) is 20.8 Å². The van der Waals surface area contributed by atoms with Gasteiger partial charge in [0.1, 0.15) is 10.8 Å². The molecule has 0 bridgehead atoms. The van der Waals surface area contributed by atoms with Crippen molar-refractivity contribution in [2.24, 2.45) is 0 Å². The molecule has 158 valence electrons. The molecule has 0 aliphatic heterocycles. The van der Waals surface area contributed by atoms with Gasteiger partial charge in [0.05, 0.1) is 11.6 Å². The first-order valence-corrected chi connectivity index (χ1v) is 10.2. The predicted octanol–water partition coefficient (Wildman–Crippen LogP) is 6.59. The Morgan fingerprint density at radius 3 is 2.61 bits per heavy atom. The van der Waals surface area contributed by atoms with Crippen LogP contribution in [0, 0.1) is 5.82 Å². The smallest absolute Gasteiger partial charge is 0.279 e. The number of nitrogens with zero attached hydrogens (tertiary/aromatic N) is 3. The number of amides is 1. The molecule has 0 atom stereocenters. The summed E-state index contributed by atoms with van der Waals surface area (Å²) in [6.07, 6.45) is 1.45. The van der Waals surface area contributed by atoms with Crippen LogP contribution in [0.25, 0.3) is 11.3 Å². The third-order valence-corrected chi connectivity index (χ3v) is 5.45. The Bertz CT molecular complexity index is 1270. The fourth-order valence-corrected chi connectivity index (χ4v) is 3.70. The predicted molar refractivity (Wildman–Crippen MR) is 118 cm³/mol. The van der Waals surface area contributed by atoms with Crippen LogP contribution in [-0.2, 0) is 6.54 Å². The van der Waals surface area contributed by atoms with Gasteiger partial charge in [0, 0.05) is 33.4 Å². The normalized spacial score (nSPS) is 11.0. The summed E-state index contributed by atoms with van der Waals surface area (Å²) in [6, 6.07) is 10.6. The lowest BCUT2D eigenvalue weighted by Crippen LogP contribution is -2.13. The van der Waals surface area contributed by atoms with Crippen LogP contribution >= 0.6 is 46.4 Å². The molecule has 0 radical (unpaired) electrons. The lowest BCUT2D eigenvalue weighted by atomic mass is 10.1. The van der Waals surface area contributed by atoms with Crippen LogP contribution in [0.2, 0.25) is 20.1 Å². The highest BCUT2D eigenvalue weighted by molar-refractivity contribution is 6.36. The van der Waals surface area contributed by atoms with E-state index in [-0.39, 0.29) is 39.4 Å². The molecule has 6 nitrogen and oxygen atoms in total. The SMILES string of the molecule is O=C(Nc1nn(Cc2c(F)cccc2Cl)cc1Cl)c1cc(-c2ccc(Cl)cc2Cl)on1. The molecule has 2 aromatic carbocycles. The largest absolute Gasteiger partial charge is 0.355 e. The number of halogens is 5. The molecule has 0 fully saturated rings. The summed E-state index contributed by atoms with van der Waals surface area (Å²) in [5.74, 6) is -0.706. The topological polar surface area (TPSA) is 73.0 Å². The Kier molecular flexibility index (Phi) is 6.20. The maximum Gasteiger partial charge on any atom is 0.279 e. The number of carbonyl (C=O) groups excluding carboxylic acids is 1. The van der Waals surface area contributed by atoms with Gasteiger partial charge in [-0.25, -0.2) is 4.39 Å². The summed E-state index contributed by atoms with van der Waals surface area (Å²) in [6.45, 7) is 0.0320. The maximum atomic E-state index is 14.0. The average molecular weight is 500 g/mol. The summed E-state index contributed by atoms with van der Waals surface area (Å²) in [5, 5.41) is 11.7. The minimum atomic E-state index is -0.601. The molecule has 4 rings (SSSR count). The van der Waals surface area contributed by atoms with E-state index in [0.717, 1.165) is 0 Å². The van der Waals surface area contributed by atoms with Crippen molar-refractivity contribution >= 4 is 58.1 Å². The first-order valence-electron chi connectivity index (χ1n) is 8.71. The summed E-state index contributed by atoms with van der Waals surface area (Å²) in [7, 11) is 0. The number of aromatic nitrogens is 3. The van der Waals surface area contributed by atoms with Gasteiger partial charge in [-0.05, 0) is 30.3 Å². The summed E-state index contributed by atoms with van der Waals surface area (Å²) in [5.41, 5.74) is 0.771. The fourth-order valence-electron chi connectivity index (χ4n) is 2.78. The van der Waals surface area contributed by atoms with Gasteiger partial charge in [0.15, 0.2) is 17.3 Å². The Morgan fingerprint density at radius 1 is 1.06 bits per heavy atom. The van der Waals surface area contributed by atoms with E-state index in [4.69, 9.17) is 50.9 Å². The number of hydrogen-bond acceptors (Lipinski definition) is 4. The van der Waals surface area contributed by atoms with Crippen molar-refractivity contribution in [1.29, 1.82) is 0 Å². The van der Waals surface area contributed by atoms with Gasteiger partial charge in [-0.1, -0.05) is 57.6 Å². The first kappa shape index (κ1) is 21.6. The Morgan fingerprint density at radius 2 is 1.87 bits per heavy atom. The zero-order valence-electron chi connectivity index (χ0n) is 15.4. The van der Waals surface area contributed by atoms with Crippen molar-refractivity contribution in [3.63, 3.8) is 0 Å². The van der Waals surface area contributed by atoms with Crippen LogP contribution in [0.15, 0.2) is 53.2 Å². The van der Waals surface area contributed by atoms with Crippen LogP contribution in [0.5, 0.6) is 0 Å². The average Bonchev–Trinajstić information content (AvgIpc) is 3.32. The lowest BCUT2D eigenvalue weighted by molar-refractivity contribution is 0.101. The molecule has 0 unspecified atom stereocenters. The molecule has 0 saturated carbocycles. The number of rotatable bonds is 5. The van der Waals surface area contributed by atoms with Gasteiger partial charge in [-0.2, -0.15) is 5.10 Å². The van der Waals surface area contributed by atoms with Crippen LogP contribution in [0.4, 0.5) is 10.2 Å². The third kappa shape index (κ3) is 4.70. The Balaban J connectivity index is 1.51. The van der Waals surface area contributed by atoms with Gasteiger partial charge >= 0.3 is 0 Å². The second-order valence-electron chi connectivity index (χ2n) is 6.38. The van der Waals surface area contributed by atoms with Gasteiger partial charge < -0.3 is 9.84 Å². The number of benzene rings is 2. The van der Waals surface area contributed by atoms with E-state index in [1.807, 2.05) is 0 Å². The molecule has 31 heavy (non-hydrogen) atoms. The van der Waals surface area contributed by atoms with E-state index < -0.39 is 11.7 Å². The molecule has 1 N–H and O–H groups in total. The first-order chi connectivity index (χ1) is 14.8. The second kappa shape index (κ2) is 8.88. The Hall–Kier alpha value is -2.58. The van der Waals surface area contributed by atoms with Gasteiger partial charge in [0.25, 0.3) is 5.91 Å². The molecular weight excluding hydrogens is 489 g/mol. The van der Waals surface area contributed by atoms with E-state index in [1.165, 1.54) is 29.1 Å². The Labute approximate surface area is 195 Å². The molecular formula is C20H11Cl4FN4O2. The molecule has 11 heteroatoms. The fraction of sp³-hybridized carbons (Fsp3) is 0.0500. The summed E-state index contributed by atoms with van der Waals surface area (Å²) < 4.78 is 20.6. The van der Waals surface area contributed by atoms with Crippen molar-refractivity contribution in [3.8, 4) is 11.3 Å². The zero-order chi connectivity index (χ0) is 22.1. The van der Waals surface area contributed by atoms with Gasteiger partial charge in [-0.3, -0.25) is 9.48 Å².